The van der Waals surface area contributed by atoms with E-state index in [1.54, 1.807) is 25.6 Å². The summed E-state index contributed by atoms with van der Waals surface area (Å²) in [4.78, 5) is 5.82. The molecule has 34 heavy (non-hydrogen) atoms. The van der Waals surface area contributed by atoms with Crippen LogP contribution in [0.5, 0.6) is 11.5 Å². The first kappa shape index (κ1) is 21.7. The molecule has 0 amide bonds. The third-order valence-corrected chi connectivity index (χ3v) is 6.41. The van der Waals surface area contributed by atoms with E-state index in [9.17, 15) is 0 Å². The molecule has 1 heterocycles. The lowest BCUT2D eigenvalue weighted by Crippen LogP contribution is -2.13. The topological polar surface area (TPSA) is 35.8 Å². The minimum Gasteiger partial charge on any atom is -0.497 e. The van der Waals surface area contributed by atoms with E-state index in [4.69, 9.17) is 14.5 Å². The Morgan fingerprint density at radius 1 is 0.647 bits per heavy atom. The second kappa shape index (κ2) is 9.81. The van der Waals surface area contributed by atoms with Crippen LogP contribution in [0.4, 0.5) is 5.69 Å². The molecule has 0 aliphatic carbocycles. The maximum Gasteiger partial charge on any atom is 0.195 e. The third-order valence-electron chi connectivity index (χ3n) is 5.59. The molecule has 168 valence electrons. The first-order valence-electron chi connectivity index (χ1n) is 10.9. The van der Waals surface area contributed by atoms with E-state index >= 15 is 0 Å². The molecule has 0 unspecified atom stereocenters. The van der Waals surface area contributed by atoms with Crippen molar-refractivity contribution in [2.45, 2.75) is 0 Å². The molecule has 4 nitrogen and oxygen atoms in total. The highest BCUT2D eigenvalue weighted by molar-refractivity contribution is 7.07. The molecule has 0 aliphatic heterocycles. The number of hydrogen-bond acceptors (Lipinski definition) is 4. The summed E-state index contributed by atoms with van der Waals surface area (Å²) in [7, 11) is 3.35. The fraction of sp³-hybridized carbons (Fsp3) is 0.0690. The highest BCUT2D eigenvalue weighted by Crippen LogP contribution is 2.29. The van der Waals surface area contributed by atoms with Gasteiger partial charge in [0.15, 0.2) is 4.80 Å². The molecule has 5 aromatic rings. The van der Waals surface area contributed by atoms with Gasteiger partial charge in [-0.15, -0.1) is 11.3 Å². The molecule has 0 spiro atoms. The molecule has 5 rings (SSSR count). The van der Waals surface area contributed by atoms with Crippen LogP contribution in [-0.4, -0.2) is 18.8 Å². The van der Waals surface area contributed by atoms with E-state index in [-0.39, 0.29) is 0 Å². The van der Waals surface area contributed by atoms with Gasteiger partial charge < -0.3 is 9.47 Å². The summed E-state index contributed by atoms with van der Waals surface area (Å²) in [6.45, 7) is 0. The number of rotatable bonds is 6. The van der Waals surface area contributed by atoms with Crippen molar-refractivity contribution in [3.05, 3.63) is 113 Å². The van der Waals surface area contributed by atoms with Crippen molar-refractivity contribution >= 4 is 17.0 Å². The normalized spacial score (nSPS) is 11.4. The van der Waals surface area contributed by atoms with Gasteiger partial charge in [0, 0.05) is 17.5 Å². The Morgan fingerprint density at radius 3 is 2.03 bits per heavy atom. The molecule has 0 bridgehead atoms. The zero-order valence-corrected chi connectivity index (χ0v) is 19.8. The van der Waals surface area contributed by atoms with Gasteiger partial charge in [0.05, 0.1) is 31.3 Å². The van der Waals surface area contributed by atoms with Crippen LogP contribution < -0.4 is 14.3 Å². The van der Waals surface area contributed by atoms with Crippen molar-refractivity contribution in [1.29, 1.82) is 0 Å². The van der Waals surface area contributed by atoms with Gasteiger partial charge in [-0.1, -0.05) is 66.7 Å². The Labute approximate surface area is 203 Å². The van der Waals surface area contributed by atoms with Gasteiger partial charge in [-0.25, -0.2) is 4.99 Å². The molecule has 4 aromatic carbocycles. The van der Waals surface area contributed by atoms with Gasteiger partial charge in [-0.3, -0.25) is 4.57 Å². The summed E-state index contributed by atoms with van der Waals surface area (Å²) in [6, 6.07) is 34.9. The third kappa shape index (κ3) is 4.51. The zero-order valence-electron chi connectivity index (χ0n) is 19.0. The summed E-state index contributed by atoms with van der Waals surface area (Å²) in [6.07, 6.45) is 0. The molecule has 0 saturated carbocycles. The Balaban J connectivity index is 1.65. The smallest absolute Gasteiger partial charge is 0.195 e. The van der Waals surface area contributed by atoms with Crippen LogP contribution in [0.25, 0.3) is 28.1 Å². The molecule has 0 atom stereocenters. The average molecular weight is 465 g/mol. The Bertz CT molecular complexity index is 1470. The van der Waals surface area contributed by atoms with E-state index < -0.39 is 0 Å². The number of benzene rings is 4. The van der Waals surface area contributed by atoms with Gasteiger partial charge in [-0.05, 0) is 41.0 Å². The molecular weight excluding hydrogens is 440 g/mol. The Hall–Kier alpha value is -4.09. The molecule has 0 radical (unpaired) electrons. The van der Waals surface area contributed by atoms with E-state index in [1.807, 2.05) is 48.5 Å². The maximum absolute atomic E-state index is 5.49. The van der Waals surface area contributed by atoms with E-state index in [2.05, 4.69) is 64.5 Å². The van der Waals surface area contributed by atoms with Crippen LogP contribution in [0.1, 0.15) is 0 Å². The van der Waals surface area contributed by atoms with Crippen molar-refractivity contribution in [2.75, 3.05) is 14.2 Å². The first-order valence-corrected chi connectivity index (χ1v) is 11.8. The van der Waals surface area contributed by atoms with Crippen molar-refractivity contribution in [3.8, 4) is 39.6 Å². The molecular formula is C29H24N2O2S. The molecule has 5 heteroatoms. The lowest BCUT2D eigenvalue weighted by molar-refractivity contribution is 0.414. The summed E-state index contributed by atoms with van der Waals surface area (Å²) in [5.41, 5.74) is 6.40. The maximum atomic E-state index is 5.49. The molecule has 0 fully saturated rings. The number of thiazole rings is 1. The Morgan fingerprint density at radius 2 is 1.29 bits per heavy atom. The highest BCUT2D eigenvalue weighted by atomic mass is 32.1. The minimum atomic E-state index is 0.780. The van der Waals surface area contributed by atoms with Gasteiger partial charge in [-0.2, -0.15) is 0 Å². The second-order valence-electron chi connectivity index (χ2n) is 7.70. The number of methoxy groups -OCH3 is 2. The molecule has 1 aromatic heterocycles. The fourth-order valence-corrected chi connectivity index (χ4v) is 4.77. The van der Waals surface area contributed by atoms with Gasteiger partial charge in [0.25, 0.3) is 0 Å². The predicted molar refractivity (Wildman–Crippen MR) is 139 cm³/mol. The van der Waals surface area contributed by atoms with Crippen LogP contribution in [0.3, 0.4) is 0 Å². The fourth-order valence-electron chi connectivity index (χ4n) is 3.84. The van der Waals surface area contributed by atoms with Crippen molar-refractivity contribution in [2.24, 2.45) is 4.99 Å². The molecule has 0 N–H and O–H groups in total. The summed E-state index contributed by atoms with van der Waals surface area (Å²) >= 11 is 1.60. The monoisotopic (exact) mass is 464 g/mol. The SMILES string of the molecule is COc1cccc(N=c2scc(-c3ccc(-c4ccccc4)cc3)n2-c2cccc(OC)c2)c1. The number of hydrogen-bond donors (Lipinski definition) is 0. The van der Waals surface area contributed by atoms with Gasteiger partial charge >= 0.3 is 0 Å². The molecule has 0 aliphatic rings. The van der Waals surface area contributed by atoms with Crippen LogP contribution in [0.2, 0.25) is 0 Å². The Kier molecular flexibility index (Phi) is 6.27. The molecule has 0 saturated heterocycles. The van der Waals surface area contributed by atoms with E-state index in [1.165, 1.54) is 11.1 Å². The number of nitrogens with zero attached hydrogens (tertiary/aromatic N) is 2. The van der Waals surface area contributed by atoms with Crippen molar-refractivity contribution in [3.63, 3.8) is 0 Å². The van der Waals surface area contributed by atoms with Crippen LogP contribution in [0, 0.1) is 0 Å². The quantitative estimate of drug-likeness (QED) is 0.268. The van der Waals surface area contributed by atoms with Crippen molar-refractivity contribution in [1.82, 2.24) is 4.57 Å². The predicted octanol–water partition coefficient (Wildman–Crippen LogP) is 7.12. The largest absolute Gasteiger partial charge is 0.497 e. The second-order valence-corrected chi connectivity index (χ2v) is 8.53. The summed E-state index contributed by atoms with van der Waals surface area (Å²) in [5.74, 6) is 1.58. The van der Waals surface area contributed by atoms with Gasteiger partial charge in [0.2, 0.25) is 0 Å². The van der Waals surface area contributed by atoms with Crippen molar-refractivity contribution < 1.29 is 9.47 Å². The van der Waals surface area contributed by atoms with Gasteiger partial charge in [0.1, 0.15) is 11.5 Å². The summed E-state index contributed by atoms with van der Waals surface area (Å²) in [5, 5.41) is 2.15. The van der Waals surface area contributed by atoms with Crippen LogP contribution >= 0.6 is 11.3 Å². The lowest BCUT2D eigenvalue weighted by Gasteiger charge is -2.11. The first-order chi connectivity index (χ1) is 16.7. The van der Waals surface area contributed by atoms with E-state index in [0.717, 1.165) is 38.9 Å². The zero-order chi connectivity index (χ0) is 23.3. The standard InChI is InChI=1S/C29H24N2O2S/c1-32-26-12-6-10-24(18-26)30-29-31(25-11-7-13-27(19-25)33-2)28(20-34-29)23-16-14-22(15-17-23)21-8-4-3-5-9-21/h3-20H,1-2H3. The van der Waals surface area contributed by atoms with Crippen LogP contribution in [0.15, 0.2) is 114 Å². The number of aromatic nitrogens is 1. The van der Waals surface area contributed by atoms with E-state index in [0.29, 0.717) is 0 Å². The van der Waals surface area contributed by atoms with Crippen LogP contribution in [-0.2, 0) is 0 Å². The number of ether oxygens (including phenoxy) is 2. The lowest BCUT2D eigenvalue weighted by atomic mass is 10.0. The average Bonchev–Trinajstić information content (AvgIpc) is 3.32. The summed E-state index contributed by atoms with van der Waals surface area (Å²) < 4.78 is 13.0. The minimum absolute atomic E-state index is 0.780. The highest BCUT2D eigenvalue weighted by Gasteiger charge is 2.12.